The molecule has 23 heavy (non-hydrogen) atoms. The number of nitrogens with one attached hydrogen (secondary N) is 2. The van der Waals surface area contributed by atoms with E-state index in [1.54, 1.807) is 18.2 Å². The lowest BCUT2D eigenvalue weighted by molar-refractivity contribution is -0.123. The van der Waals surface area contributed by atoms with Gasteiger partial charge < -0.3 is 19.5 Å². The molecule has 0 aromatic heterocycles. The van der Waals surface area contributed by atoms with E-state index in [0.717, 1.165) is 0 Å². The second kappa shape index (κ2) is 7.18. The lowest BCUT2D eigenvalue weighted by atomic mass is 10.2. The van der Waals surface area contributed by atoms with Crippen molar-refractivity contribution in [2.24, 2.45) is 0 Å². The number of hydrogen-bond acceptors (Lipinski definition) is 5. The maximum absolute atomic E-state index is 13.0. The molecule has 3 rings (SSSR count). The van der Waals surface area contributed by atoms with Crippen molar-refractivity contribution in [3.8, 4) is 17.2 Å². The SMILES string of the molecule is Cl.O=C(NCCOc1ccc2c(c1)OCO2)C1CC(F)(F)CN1. The molecule has 1 unspecified atom stereocenters. The first kappa shape index (κ1) is 17.6. The molecule has 0 saturated carbocycles. The third-order valence-electron chi connectivity index (χ3n) is 3.44. The van der Waals surface area contributed by atoms with Gasteiger partial charge in [0.1, 0.15) is 12.4 Å². The van der Waals surface area contributed by atoms with Crippen molar-refractivity contribution in [1.82, 2.24) is 10.6 Å². The molecule has 0 radical (unpaired) electrons. The van der Waals surface area contributed by atoms with Crippen molar-refractivity contribution < 1.29 is 27.8 Å². The van der Waals surface area contributed by atoms with Gasteiger partial charge in [0.25, 0.3) is 5.92 Å². The first-order valence-electron chi connectivity index (χ1n) is 6.95. The molecule has 2 heterocycles. The molecule has 0 bridgehead atoms. The molecule has 6 nitrogen and oxygen atoms in total. The molecule has 1 saturated heterocycles. The number of alkyl halides is 2. The highest BCUT2D eigenvalue weighted by Crippen LogP contribution is 2.35. The zero-order valence-electron chi connectivity index (χ0n) is 12.1. The van der Waals surface area contributed by atoms with Gasteiger partial charge in [-0.1, -0.05) is 0 Å². The zero-order valence-corrected chi connectivity index (χ0v) is 13.0. The maximum atomic E-state index is 13.0. The van der Waals surface area contributed by atoms with Crippen LogP contribution in [0.4, 0.5) is 8.78 Å². The van der Waals surface area contributed by atoms with E-state index in [1.807, 2.05) is 0 Å². The molecule has 9 heteroatoms. The van der Waals surface area contributed by atoms with Crippen molar-refractivity contribution >= 4 is 18.3 Å². The monoisotopic (exact) mass is 350 g/mol. The molecular weight excluding hydrogens is 334 g/mol. The Morgan fingerprint density at radius 2 is 2.17 bits per heavy atom. The lowest BCUT2D eigenvalue weighted by Gasteiger charge is -2.12. The van der Waals surface area contributed by atoms with Crippen LogP contribution in [0.15, 0.2) is 18.2 Å². The predicted molar refractivity (Wildman–Crippen MR) is 79.7 cm³/mol. The Kier molecular flexibility index (Phi) is 5.48. The lowest BCUT2D eigenvalue weighted by Crippen LogP contribution is -2.41. The van der Waals surface area contributed by atoms with Gasteiger partial charge in [-0.15, -0.1) is 12.4 Å². The molecule has 1 aromatic carbocycles. The number of carbonyl (C=O) groups excluding carboxylic acids is 1. The van der Waals surface area contributed by atoms with Gasteiger partial charge in [0.15, 0.2) is 11.5 Å². The van der Waals surface area contributed by atoms with Crippen LogP contribution in [0, 0.1) is 0 Å². The number of fused-ring (bicyclic) bond motifs is 1. The van der Waals surface area contributed by atoms with Gasteiger partial charge in [0.05, 0.1) is 19.1 Å². The first-order chi connectivity index (χ1) is 10.5. The molecule has 128 valence electrons. The molecular formula is C14H17ClF2N2O4. The van der Waals surface area contributed by atoms with Crippen molar-refractivity contribution in [2.45, 2.75) is 18.4 Å². The Labute approximate surface area is 137 Å². The summed E-state index contributed by atoms with van der Waals surface area (Å²) >= 11 is 0. The van der Waals surface area contributed by atoms with Gasteiger partial charge in [-0.3, -0.25) is 10.1 Å². The topological polar surface area (TPSA) is 68.8 Å². The van der Waals surface area contributed by atoms with Crippen molar-refractivity contribution in [3.05, 3.63) is 18.2 Å². The first-order valence-corrected chi connectivity index (χ1v) is 6.95. The Balaban J connectivity index is 0.00000192. The van der Waals surface area contributed by atoms with Gasteiger partial charge >= 0.3 is 0 Å². The summed E-state index contributed by atoms with van der Waals surface area (Å²) < 4.78 is 41.8. The Morgan fingerprint density at radius 3 is 2.91 bits per heavy atom. The van der Waals surface area contributed by atoms with Crippen LogP contribution in [-0.2, 0) is 4.79 Å². The molecule has 0 spiro atoms. The van der Waals surface area contributed by atoms with Gasteiger partial charge in [-0.2, -0.15) is 0 Å². The van der Waals surface area contributed by atoms with E-state index in [4.69, 9.17) is 14.2 Å². The Bertz CT molecular complexity index is 574. The molecule has 1 aromatic rings. The van der Waals surface area contributed by atoms with Crippen LogP contribution in [0.2, 0.25) is 0 Å². The molecule has 1 fully saturated rings. The van der Waals surface area contributed by atoms with Crippen LogP contribution in [0.5, 0.6) is 17.2 Å². The van der Waals surface area contributed by atoms with Gasteiger partial charge in [0, 0.05) is 12.5 Å². The highest BCUT2D eigenvalue weighted by atomic mass is 35.5. The number of benzene rings is 1. The van der Waals surface area contributed by atoms with E-state index in [2.05, 4.69) is 10.6 Å². The maximum Gasteiger partial charge on any atom is 0.262 e. The van der Waals surface area contributed by atoms with Crippen LogP contribution in [0.25, 0.3) is 0 Å². The highest BCUT2D eigenvalue weighted by Gasteiger charge is 2.42. The van der Waals surface area contributed by atoms with Crippen LogP contribution in [0.3, 0.4) is 0 Å². The number of carbonyl (C=O) groups is 1. The second-order valence-corrected chi connectivity index (χ2v) is 5.15. The summed E-state index contributed by atoms with van der Waals surface area (Å²) in [7, 11) is 0. The summed E-state index contributed by atoms with van der Waals surface area (Å²) in [6, 6.07) is 4.32. The van der Waals surface area contributed by atoms with Crippen LogP contribution in [0.1, 0.15) is 6.42 Å². The average molecular weight is 351 g/mol. The minimum absolute atomic E-state index is 0. The van der Waals surface area contributed by atoms with E-state index in [9.17, 15) is 13.6 Å². The fourth-order valence-electron chi connectivity index (χ4n) is 2.33. The minimum Gasteiger partial charge on any atom is -0.492 e. The molecule has 0 aliphatic carbocycles. The van der Waals surface area contributed by atoms with E-state index in [0.29, 0.717) is 17.2 Å². The van der Waals surface area contributed by atoms with Gasteiger partial charge in [0.2, 0.25) is 12.7 Å². The summed E-state index contributed by atoms with van der Waals surface area (Å²) in [6.07, 6.45) is -0.470. The summed E-state index contributed by atoms with van der Waals surface area (Å²) in [5.74, 6) is -1.39. The molecule has 2 aliphatic heterocycles. The summed E-state index contributed by atoms with van der Waals surface area (Å²) in [4.78, 5) is 11.7. The number of rotatable bonds is 5. The standard InChI is InChI=1S/C14H16F2N2O4.ClH/c15-14(16)6-10(18-7-14)13(19)17-3-4-20-9-1-2-11-12(5-9)22-8-21-11;/h1-2,5,10,18H,3-4,6-8H2,(H,17,19);1H. The van der Waals surface area contributed by atoms with Crippen LogP contribution < -0.4 is 24.8 Å². The van der Waals surface area contributed by atoms with E-state index < -0.39 is 30.8 Å². The second-order valence-electron chi connectivity index (χ2n) is 5.15. The quantitative estimate of drug-likeness (QED) is 0.784. The van der Waals surface area contributed by atoms with E-state index in [1.165, 1.54) is 0 Å². The summed E-state index contributed by atoms with van der Waals surface area (Å²) in [6.45, 7) is 0.193. The number of hydrogen-bond donors (Lipinski definition) is 2. The summed E-state index contributed by atoms with van der Waals surface area (Å²) in [5, 5.41) is 5.07. The third-order valence-corrected chi connectivity index (χ3v) is 3.44. The molecule has 2 aliphatic rings. The van der Waals surface area contributed by atoms with E-state index in [-0.39, 0.29) is 32.4 Å². The molecule has 2 N–H and O–H groups in total. The largest absolute Gasteiger partial charge is 0.492 e. The van der Waals surface area contributed by atoms with Crippen molar-refractivity contribution in [2.75, 3.05) is 26.5 Å². The number of ether oxygens (including phenoxy) is 3. The van der Waals surface area contributed by atoms with Crippen molar-refractivity contribution in [3.63, 3.8) is 0 Å². The fraction of sp³-hybridized carbons (Fsp3) is 0.500. The highest BCUT2D eigenvalue weighted by molar-refractivity contribution is 5.85. The smallest absolute Gasteiger partial charge is 0.262 e. The van der Waals surface area contributed by atoms with Gasteiger partial charge in [-0.05, 0) is 12.1 Å². The average Bonchev–Trinajstić information content (AvgIpc) is 3.08. The third kappa shape index (κ3) is 4.35. The Morgan fingerprint density at radius 1 is 1.39 bits per heavy atom. The predicted octanol–water partition coefficient (Wildman–Crippen LogP) is 1.33. The fourth-order valence-corrected chi connectivity index (χ4v) is 2.33. The van der Waals surface area contributed by atoms with E-state index >= 15 is 0 Å². The summed E-state index contributed by atoms with van der Waals surface area (Å²) in [5.41, 5.74) is 0. The normalized spacial score (nSPS) is 20.7. The number of amides is 1. The molecule has 1 atom stereocenters. The van der Waals surface area contributed by atoms with Crippen molar-refractivity contribution in [1.29, 1.82) is 0 Å². The number of halogens is 3. The molecule has 1 amide bonds. The van der Waals surface area contributed by atoms with Crippen LogP contribution >= 0.6 is 12.4 Å². The minimum atomic E-state index is -2.81. The van der Waals surface area contributed by atoms with Gasteiger partial charge in [-0.25, -0.2) is 8.78 Å². The van der Waals surface area contributed by atoms with Crippen LogP contribution in [-0.4, -0.2) is 44.4 Å². The Hall–Kier alpha value is -1.80. The zero-order chi connectivity index (χ0) is 15.6.